The Kier molecular flexibility index (Phi) is 4.37. The lowest BCUT2D eigenvalue weighted by molar-refractivity contribution is -0.117. The first kappa shape index (κ1) is 11.8. The van der Waals surface area contributed by atoms with Crippen LogP contribution in [-0.2, 0) is 11.2 Å². The number of benzene rings is 1. The topological polar surface area (TPSA) is 29.1 Å². The first-order chi connectivity index (χ1) is 7.13. The zero-order valence-corrected chi connectivity index (χ0v) is 8.52. The maximum Gasteiger partial charge on any atom is 0.151 e. The Balaban J connectivity index is 2.60. The first-order valence-corrected chi connectivity index (χ1v) is 4.79. The van der Waals surface area contributed by atoms with Gasteiger partial charge in [0.2, 0.25) is 0 Å². The molecule has 4 heteroatoms. The molecule has 0 unspecified atom stereocenters. The van der Waals surface area contributed by atoms with Crippen molar-refractivity contribution in [1.29, 1.82) is 0 Å². The number of carbonyl (C=O) groups excluding carboxylic acids is 1. The van der Waals surface area contributed by atoms with Gasteiger partial charge in [0.05, 0.1) is 6.54 Å². The molecule has 82 valence electrons. The molecule has 0 atom stereocenters. The first-order valence-electron chi connectivity index (χ1n) is 4.79. The number of nitrogens with one attached hydrogen (secondary N) is 1. The summed E-state index contributed by atoms with van der Waals surface area (Å²) in [5, 5.41) is 2.85. The normalized spacial score (nSPS) is 10.3. The lowest BCUT2D eigenvalue weighted by Crippen LogP contribution is -2.24. The second-order valence-corrected chi connectivity index (χ2v) is 3.23. The van der Waals surface area contributed by atoms with Gasteiger partial charge in [-0.15, -0.1) is 0 Å². The molecule has 0 heterocycles. The smallest absolute Gasteiger partial charge is 0.151 e. The highest BCUT2D eigenvalue weighted by Crippen LogP contribution is 2.10. The average Bonchev–Trinajstić information content (AvgIpc) is 2.19. The Morgan fingerprint density at radius 1 is 1.40 bits per heavy atom. The van der Waals surface area contributed by atoms with Crippen molar-refractivity contribution in [1.82, 2.24) is 5.32 Å². The second kappa shape index (κ2) is 5.56. The highest BCUT2D eigenvalue weighted by Gasteiger charge is 2.08. The van der Waals surface area contributed by atoms with Crippen LogP contribution in [0.25, 0.3) is 0 Å². The molecular weight excluding hydrogens is 200 g/mol. The largest absolute Gasteiger partial charge is 0.310 e. The van der Waals surface area contributed by atoms with Crippen molar-refractivity contribution in [3.05, 3.63) is 35.4 Å². The quantitative estimate of drug-likeness (QED) is 0.806. The Morgan fingerprint density at radius 3 is 2.73 bits per heavy atom. The number of halogens is 2. The van der Waals surface area contributed by atoms with Gasteiger partial charge < -0.3 is 5.32 Å². The minimum absolute atomic E-state index is 0.000880. The summed E-state index contributed by atoms with van der Waals surface area (Å²) in [5.74, 6) is -1.41. The molecule has 0 radical (unpaired) electrons. The van der Waals surface area contributed by atoms with Crippen molar-refractivity contribution in [2.45, 2.75) is 13.3 Å². The summed E-state index contributed by atoms with van der Waals surface area (Å²) < 4.78 is 25.7. The number of hydrogen-bond donors (Lipinski definition) is 1. The molecule has 0 bridgehead atoms. The van der Waals surface area contributed by atoms with Crippen molar-refractivity contribution < 1.29 is 13.6 Å². The zero-order valence-electron chi connectivity index (χ0n) is 8.52. The molecule has 0 aliphatic heterocycles. The van der Waals surface area contributed by atoms with Crippen LogP contribution in [0.2, 0.25) is 0 Å². The summed E-state index contributed by atoms with van der Waals surface area (Å²) in [6.45, 7) is 2.79. The number of Topliss-reactive ketones (excluding diaryl/α,β-unsaturated/α-hetero) is 1. The van der Waals surface area contributed by atoms with Crippen LogP contribution in [0.3, 0.4) is 0 Å². The summed E-state index contributed by atoms with van der Waals surface area (Å²) in [5.41, 5.74) is 0.235. The molecule has 1 aromatic rings. The van der Waals surface area contributed by atoms with Gasteiger partial charge in [0.25, 0.3) is 0 Å². The molecular formula is C11H13F2NO. The second-order valence-electron chi connectivity index (χ2n) is 3.23. The molecule has 0 fully saturated rings. The Hall–Kier alpha value is -1.29. The molecule has 0 aliphatic rings. The zero-order chi connectivity index (χ0) is 11.3. The standard InChI is InChI=1S/C11H13F2NO/c1-2-14-7-10(15)5-8-3-4-9(12)6-11(8)13/h3-4,6,14H,2,5,7H2,1H3. The number of likely N-dealkylation sites (N-methyl/N-ethyl adjacent to an activating group) is 1. The fourth-order valence-corrected chi connectivity index (χ4v) is 1.20. The number of ketones is 1. The van der Waals surface area contributed by atoms with Gasteiger partial charge in [-0.2, -0.15) is 0 Å². The highest BCUT2D eigenvalue weighted by molar-refractivity contribution is 5.82. The fraction of sp³-hybridized carbons (Fsp3) is 0.364. The third-order valence-corrected chi connectivity index (χ3v) is 1.97. The van der Waals surface area contributed by atoms with E-state index >= 15 is 0 Å². The van der Waals surface area contributed by atoms with Gasteiger partial charge in [-0.3, -0.25) is 4.79 Å². The van der Waals surface area contributed by atoms with Crippen LogP contribution in [-0.4, -0.2) is 18.9 Å². The van der Waals surface area contributed by atoms with E-state index in [1.54, 1.807) is 0 Å². The van der Waals surface area contributed by atoms with Crippen molar-refractivity contribution in [3.63, 3.8) is 0 Å². The molecule has 1 rings (SSSR count). The predicted octanol–water partition coefficient (Wildman–Crippen LogP) is 1.69. The van der Waals surface area contributed by atoms with Gasteiger partial charge in [0, 0.05) is 12.5 Å². The van der Waals surface area contributed by atoms with E-state index < -0.39 is 11.6 Å². The third kappa shape index (κ3) is 3.75. The van der Waals surface area contributed by atoms with Crippen LogP contribution in [0.15, 0.2) is 18.2 Å². The molecule has 0 aliphatic carbocycles. The van der Waals surface area contributed by atoms with Crippen molar-refractivity contribution in [2.24, 2.45) is 0 Å². The van der Waals surface area contributed by atoms with E-state index in [1.165, 1.54) is 6.07 Å². The number of carbonyl (C=O) groups is 1. The summed E-state index contributed by atoms with van der Waals surface area (Å²) in [6, 6.07) is 3.24. The summed E-state index contributed by atoms with van der Waals surface area (Å²) in [6.07, 6.45) is -0.000880. The van der Waals surface area contributed by atoms with E-state index in [0.717, 1.165) is 12.1 Å². The molecule has 0 amide bonds. The van der Waals surface area contributed by atoms with Crippen molar-refractivity contribution >= 4 is 5.78 Å². The Labute approximate surface area is 87.3 Å². The lowest BCUT2D eigenvalue weighted by atomic mass is 10.1. The van der Waals surface area contributed by atoms with E-state index in [4.69, 9.17) is 0 Å². The third-order valence-electron chi connectivity index (χ3n) is 1.97. The van der Waals surface area contributed by atoms with E-state index in [1.807, 2.05) is 6.92 Å². The fourth-order valence-electron chi connectivity index (χ4n) is 1.20. The Bertz CT molecular complexity index is 352. The number of rotatable bonds is 5. The predicted molar refractivity (Wildman–Crippen MR) is 53.6 cm³/mol. The van der Waals surface area contributed by atoms with Gasteiger partial charge in [0.15, 0.2) is 5.78 Å². The van der Waals surface area contributed by atoms with E-state index in [0.29, 0.717) is 6.54 Å². The van der Waals surface area contributed by atoms with Crippen LogP contribution >= 0.6 is 0 Å². The maximum atomic E-state index is 13.1. The van der Waals surface area contributed by atoms with E-state index in [2.05, 4.69) is 5.32 Å². The van der Waals surface area contributed by atoms with Crippen LogP contribution in [0.5, 0.6) is 0 Å². The molecule has 1 N–H and O–H groups in total. The van der Waals surface area contributed by atoms with Crippen molar-refractivity contribution in [3.8, 4) is 0 Å². The molecule has 0 spiro atoms. The van der Waals surface area contributed by atoms with Gasteiger partial charge in [-0.05, 0) is 18.2 Å². The molecule has 0 saturated carbocycles. The number of hydrogen-bond acceptors (Lipinski definition) is 2. The van der Waals surface area contributed by atoms with Crippen LogP contribution in [0, 0.1) is 11.6 Å². The van der Waals surface area contributed by atoms with Gasteiger partial charge in [-0.25, -0.2) is 8.78 Å². The lowest BCUT2D eigenvalue weighted by Gasteiger charge is -2.03. The molecule has 15 heavy (non-hydrogen) atoms. The van der Waals surface area contributed by atoms with Gasteiger partial charge in [0.1, 0.15) is 11.6 Å². The summed E-state index contributed by atoms with van der Waals surface area (Å²) in [7, 11) is 0. The average molecular weight is 213 g/mol. The Morgan fingerprint density at radius 2 is 2.13 bits per heavy atom. The van der Waals surface area contributed by atoms with Gasteiger partial charge >= 0.3 is 0 Å². The molecule has 2 nitrogen and oxygen atoms in total. The summed E-state index contributed by atoms with van der Waals surface area (Å²) in [4.78, 5) is 11.3. The van der Waals surface area contributed by atoms with E-state index in [9.17, 15) is 13.6 Å². The highest BCUT2D eigenvalue weighted by atomic mass is 19.1. The molecule has 1 aromatic carbocycles. The minimum atomic E-state index is -0.667. The molecule has 0 saturated heterocycles. The SMILES string of the molecule is CCNCC(=O)Cc1ccc(F)cc1F. The maximum absolute atomic E-state index is 13.1. The monoisotopic (exact) mass is 213 g/mol. The van der Waals surface area contributed by atoms with E-state index in [-0.39, 0.29) is 24.3 Å². The molecule has 0 aromatic heterocycles. The van der Waals surface area contributed by atoms with Crippen LogP contribution in [0.4, 0.5) is 8.78 Å². The minimum Gasteiger partial charge on any atom is -0.310 e. The van der Waals surface area contributed by atoms with Gasteiger partial charge in [-0.1, -0.05) is 13.0 Å². The summed E-state index contributed by atoms with van der Waals surface area (Å²) >= 11 is 0. The van der Waals surface area contributed by atoms with Crippen LogP contribution in [0.1, 0.15) is 12.5 Å². The van der Waals surface area contributed by atoms with Crippen molar-refractivity contribution in [2.75, 3.05) is 13.1 Å². The van der Waals surface area contributed by atoms with Crippen LogP contribution < -0.4 is 5.32 Å².